The van der Waals surface area contributed by atoms with Crippen LogP contribution < -0.4 is 5.73 Å². The fourth-order valence-electron chi connectivity index (χ4n) is 2.45. The third-order valence-electron chi connectivity index (χ3n) is 3.68. The highest BCUT2D eigenvalue weighted by atomic mass is 19.4. The third kappa shape index (κ3) is 4.03. The Hall–Kier alpha value is -2.05. The molecule has 0 saturated carbocycles. The lowest BCUT2D eigenvalue weighted by Crippen LogP contribution is -2.13. The van der Waals surface area contributed by atoms with Crippen LogP contribution in [0.5, 0.6) is 0 Å². The molecule has 0 spiro atoms. The topological polar surface area (TPSA) is 56.7 Å². The molecule has 2 aromatic heterocycles. The molecule has 0 amide bonds. The number of nitrogens with zero attached hydrogens (tertiary/aromatic N) is 3. The van der Waals surface area contributed by atoms with Gasteiger partial charge in [-0.25, -0.2) is 0 Å². The molecule has 126 valence electrons. The second kappa shape index (κ2) is 6.22. The van der Waals surface area contributed by atoms with Crippen LogP contribution in [0.25, 0.3) is 0 Å². The van der Waals surface area contributed by atoms with E-state index >= 15 is 0 Å². The number of halogens is 3. The highest BCUT2D eigenvalue weighted by Gasteiger charge is 2.37. The Labute approximate surface area is 133 Å². The lowest BCUT2D eigenvalue weighted by Gasteiger charge is -2.14. The number of pyridine rings is 1. The van der Waals surface area contributed by atoms with E-state index < -0.39 is 11.9 Å². The first kappa shape index (κ1) is 17.3. The minimum absolute atomic E-state index is 0.275. The van der Waals surface area contributed by atoms with Gasteiger partial charge in [-0.2, -0.15) is 18.3 Å². The molecule has 0 saturated heterocycles. The van der Waals surface area contributed by atoms with Crippen LogP contribution in [0.2, 0.25) is 0 Å². The second-order valence-electron chi connectivity index (χ2n) is 6.15. The Morgan fingerprint density at radius 3 is 2.39 bits per heavy atom. The summed E-state index contributed by atoms with van der Waals surface area (Å²) in [5.74, 6) is 0.364. The van der Waals surface area contributed by atoms with Crippen molar-refractivity contribution in [3.8, 4) is 0 Å². The maximum Gasteiger partial charge on any atom is 0.437 e. The van der Waals surface area contributed by atoms with E-state index in [2.05, 4.69) is 23.9 Å². The SMILES string of the molecule is Cc1cc(C(C)C)cc(CC(C)n2cc(N)c(C(F)(F)F)n2)n1. The molecule has 7 heteroatoms. The lowest BCUT2D eigenvalue weighted by atomic mass is 10.0. The van der Waals surface area contributed by atoms with Crippen LogP contribution in [0.15, 0.2) is 18.3 Å². The number of alkyl halides is 3. The fraction of sp³-hybridized carbons (Fsp3) is 0.500. The molecule has 1 unspecified atom stereocenters. The van der Waals surface area contributed by atoms with E-state index in [-0.39, 0.29) is 11.7 Å². The lowest BCUT2D eigenvalue weighted by molar-refractivity contribution is -0.140. The monoisotopic (exact) mass is 326 g/mol. The van der Waals surface area contributed by atoms with Crippen LogP contribution in [-0.4, -0.2) is 14.8 Å². The van der Waals surface area contributed by atoms with Crippen LogP contribution >= 0.6 is 0 Å². The number of aryl methyl sites for hydroxylation is 1. The van der Waals surface area contributed by atoms with E-state index in [4.69, 9.17) is 5.73 Å². The van der Waals surface area contributed by atoms with Crippen LogP contribution in [-0.2, 0) is 12.6 Å². The molecule has 0 fully saturated rings. The van der Waals surface area contributed by atoms with Gasteiger partial charge in [-0.1, -0.05) is 13.8 Å². The van der Waals surface area contributed by atoms with Crippen LogP contribution in [0.4, 0.5) is 18.9 Å². The van der Waals surface area contributed by atoms with Gasteiger partial charge in [-0.15, -0.1) is 0 Å². The second-order valence-corrected chi connectivity index (χ2v) is 6.15. The molecule has 0 aliphatic heterocycles. The molecule has 0 aliphatic carbocycles. The number of nitrogens with two attached hydrogens (primary N) is 1. The zero-order valence-electron chi connectivity index (χ0n) is 13.6. The zero-order chi connectivity index (χ0) is 17.4. The molecule has 0 bridgehead atoms. The van der Waals surface area contributed by atoms with Gasteiger partial charge >= 0.3 is 6.18 Å². The van der Waals surface area contributed by atoms with Gasteiger partial charge < -0.3 is 5.73 Å². The van der Waals surface area contributed by atoms with Crippen molar-refractivity contribution in [2.45, 2.75) is 52.3 Å². The molecule has 4 nitrogen and oxygen atoms in total. The molecule has 2 aromatic rings. The minimum Gasteiger partial charge on any atom is -0.396 e. The Kier molecular flexibility index (Phi) is 4.68. The van der Waals surface area contributed by atoms with Crippen molar-refractivity contribution in [1.29, 1.82) is 0 Å². The van der Waals surface area contributed by atoms with E-state index in [0.717, 1.165) is 17.0 Å². The summed E-state index contributed by atoms with van der Waals surface area (Å²) in [6.45, 7) is 7.89. The quantitative estimate of drug-likeness (QED) is 0.919. The van der Waals surface area contributed by atoms with Gasteiger partial charge in [0.15, 0.2) is 5.69 Å². The summed E-state index contributed by atoms with van der Waals surface area (Å²) in [5.41, 5.74) is 6.93. The number of nitrogen functional groups attached to an aromatic ring is 1. The normalized spacial score (nSPS) is 13.6. The van der Waals surface area contributed by atoms with Gasteiger partial charge in [0.25, 0.3) is 0 Å². The minimum atomic E-state index is -4.54. The van der Waals surface area contributed by atoms with Gasteiger partial charge in [-0.3, -0.25) is 9.67 Å². The summed E-state index contributed by atoms with van der Waals surface area (Å²) in [5, 5.41) is 3.60. The third-order valence-corrected chi connectivity index (χ3v) is 3.68. The Morgan fingerprint density at radius 2 is 1.87 bits per heavy atom. The number of rotatable bonds is 4. The number of hydrogen-bond acceptors (Lipinski definition) is 3. The zero-order valence-corrected chi connectivity index (χ0v) is 13.6. The fourth-order valence-corrected chi connectivity index (χ4v) is 2.45. The first-order valence-electron chi connectivity index (χ1n) is 7.47. The van der Waals surface area contributed by atoms with Gasteiger partial charge in [0.05, 0.1) is 11.7 Å². The summed E-state index contributed by atoms with van der Waals surface area (Å²) in [7, 11) is 0. The average molecular weight is 326 g/mol. The van der Waals surface area contributed by atoms with E-state index in [1.165, 1.54) is 10.9 Å². The maximum absolute atomic E-state index is 12.8. The molecule has 0 aliphatic rings. The van der Waals surface area contributed by atoms with Crippen LogP contribution in [0.1, 0.15) is 55.4 Å². The molecule has 0 aromatic carbocycles. The largest absolute Gasteiger partial charge is 0.437 e. The molecular weight excluding hydrogens is 305 g/mol. The molecule has 23 heavy (non-hydrogen) atoms. The Bertz CT molecular complexity index is 689. The Morgan fingerprint density at radius 1 is 1.22 bits per heavy atom. The van der Waals surface area contributed by atoms with E-state index in [1.54, 1.807) is 6.92 Å². The van der Waals surface area contributed by atoms with Crippen LogP contribution in [0.3, 0.4) is 0 Å². The van der Waals surface area contributed by atoms with Crippen molar-refractivity contribution in [3.63, 3.8) is 0 Å². The summed E-state index contributed by atoms with van der Waals surface area (Å²) in [6.07, 6.45) is -2.83. The molecule has 2 heterocycles. The van der Waals surface area contributed by atoms with Gasteiger partial charge in [0.1, 0.15) is 0 Å². The summed E-state index contributed by atoms with van der Waals surface area (Å²) in [6, 6.07) is 3.74. The number of anilines is 1. The predicted octanol–water partition coefficient (Wildman–Crippen LogP) is 4.11. The predicted molar refractivity (Wildman–Crippen MR) is 83.1 cm³/mol. The molecular formula is C16H21F3N4. The van der Waals surface area contributed by atoms with E-state index in [9.17, 15) is 13.2 Å². The van der Waals surface area contributed by atoms with Crippen molar-refractivity contribution in [1.82, 2.24) is 14.8 Å². The first-order valence-corrected chi connectivity index (χ1v) is 7.47. The van der Waals surface area contributed by atoms with Crippen molar-refractivity contribution < 1.29 is 13.2 Å². The highest BCUT2D eigenvalue weighted by Crippen LogP contribution is 2.32. The molecule has 1 atom stereocenters. The molecule has 2 N–H and O–H groups in total. The summed E-state index contributed by atoms with van der Waals surface area (Å²) in [4.78, 5) is 4.47. The van der Waals surface area contributed by atoms with Crippen molar-refractivity contribution >= 4 is 5.69 Å². The molecule has 2 rings (SSSR count). The van der Waals surface area contributed by atoms with E-state index in [1.807, 2.05) is 19.1 Å². The summed E-state index contributed by atoms with van der Waals surface area (Å²) < 4.78 is 39.6. The van der Waals surface area contributed by atoms with Gasteiger partial charge in [-0.05, 0) is 37.5 Å². The summed E-state index contributed by atoms with van der Waals surface area (Å²) >= 11 is 0. The number of aromatic nitrogens is 3. The standard InChI is InChI=1S/C16H21F3N4/c1-9(2)12-5-10(3)21-13(7-12)6-11(4)23-8-14(20)15(22-23)16(17,18)19/h5,7-9,11H,6,20H2,1-4H3. The maximum atomic E-state index is 12.8. The smallest absolute Gasteiger partial charge is 0.396 e. The highest BCUT2D eigenvalue weighted by molar-refractivity contribution is 5.42. The van der Waals surface area contributed by atoms with Crippen molar-refractivity contribution in [3.05, 3.63) is 41.0 Å². The first-order chi connectivity index (χ1) is 10.6. The van der Waals surface area contributed by atoms with E-state index in [0.29, 0.717) is 12.3 Å². The average Bonchev–Trinajstić information content (AvgIpc) is 2.80. The van der Waals surface area contributed by atoms with Gasteiger partial charge in [0, 0.05) is 24.0 Å². The van der Waals surface area contributed by atoms with Crippen LogP contribution in [0, 0.1) is 6.92 Å². The van der Waals surface area contributed by atoms with Crippen molar-refractivity contribution in [2.24, 2.45) is 0 Å². The Balaban J connectivity index is 2.24. The van der Waals surface area contributed by atoms with Gasteiger partial charge in [0.2, 0.25) is 0 Å². The number of hydrogen-bond donors (Lipinski definition) is 1. The van der Waals surface area contributed by atoms with Crippen molar-refractivity contribution in [2.75, 3.05) is 5.73 Å². The molecule has 0 radical (unpaired) electrons.